The molecular formula is C23H26ClNO5. The van der Waals surface area contributed by atoms with E-state index in [1.165, 1.54) is 19.8 Å². The number of fused-ring (bicyclic) bond motifs is 1. The van der Waals surface area contributed by atoms with Crippen LogP contribution in [0.4, 0.5) is 0 Å². The van der Waals surface area contributed by atoms with Gasteiger partial charge in [0.15, 0.2) is 23.0 Å². The highest BCUT2D eigenvalue weighted by Crippen LogP contribution is 2.44. The molecule has 30 heavy (non-hydrogen) atoms. The van der Waals surface area contributed by atoms with Gasteiger partial charge in [0.1, 0.15) is 13.2 Å². The Labute approximate surface area is 181 Å². The summed E-state index contributed by atoms with van der Waals surface area (Å²) in [5, 5.41) is 3.45. The van der Waals surface area contributed by atoms with E-state index in [-0.39, 0.29) is 11.3 Å². The molecule has 6 nitrogen and oxygen atoms in total. The number of amides is 1. The SMILES string of the molecule is COc1cc(C(=O)NCC2(c3ccc4c(c3)OCCO4)CCCC2)cc(Cl)c1OC. The molecule has 7 heteroatoms. The Morgan fingerprint density at radius 1 is 1.07 bits per heavy atom. The van der Waals surface area contributed by atoms with Crippen LogP contribution < -0.4 is 24.3 Å². The van der Waals surface area contributed by atoms with Gasteiger partial charge in [-0.3, -0.25) is 4.79 Å². The van der Waals surface area contributed by atoms with Crippen LogP contribution in [0.2, 0.25) is 5.02 Å². The Hall–Kier alpha value is -2.60. The largest absolute Gasteiger partial charge is 0.493 e. The molecule has 2 aliphatic rings. The van der Waals surface area contributed by atoms with Crippen molar-refractivity contribution in [2.24, 2.45) is 0 Å². The van der Waals surface area contributed by atoms with E-state index in [9.17, 15) is 4.79 Å². The maximum atomic E-state index is 12.9. The number of methoxy groups -OCH3 is 2. The summed E-state index contributed by atoms with van der Waals surface area (Å²) in [6.07, 6.45) is 4.29. The highest BCUT2D eigenvalue weighted by atomic mass is 35.5. The highest BCUT2D eigenvalue weighted by molar-refractivity contribution is 6.32. The van der Waals surface area contributed by atoms with Crippen molar-refractivity contribution in [3.05, 3.63) is 46.5 Å². The van der Waals surface area contributed by atoms with Gasteiger partial charge in [-0.15, -0.1) is 0 Å². The zero-order chi connectivity index (χ0) is 21.1. The normalized spacial score (nSPS) is 16.8. The number of carbonyl (C=O) groups excluding carboxylic acids is 1. The van der Waals surface area contributed by atoms with E-state index >= 15 is 0 Å². The lowest BCUT2D eigenvalue weighted by Crippen LogP contribution is -2.39. The van der Waals surface area contributed by atoms with Crippen LogP contribution in [-0.4, -0.2) is 39.9 Å². The number of carbonyl (C=O) groups is 1. The fourth-order valence-electron chi connectivity index (χ4n) is 4.39. The predicted octanol–water partition coefficient (Wildman–Crippen LogP) is 4.37. The van der Waals surface area contributed by atoms with Crippen LogP contribution in [-0.2, 0) is 5.41 Å². The van der Waals surface area contributed by atoms with Gasteiger partial charge in [-0.25, -0.2) is 0 Å². The van der Waals surface area contributed by atoms with Gasteiger partial charge < -0.3 is 24.3 Å². The first-order valence-corrected chi connectivity index (χ1v) is 10.5. The lowest BCUT2D eigenvalue weighted by Gasteiger charge is -2.31. The number of hydrogen-bond acceptors (Lipinski definition) is 5. The molecule has 1 amide bonds. The molecule has 1 saturated carbocycles. The summed E-state index contributed by atoms with van der Waals surface area (Å²) in [6.45, 7) is 1.67. The number of benzene rings is 2. The van der Waals surface area contributed by atoms with Crippen LogP contribution >= 0.6 is 11.6 Å². The monoisotopic (exact) mass is 431 g/mol. The lowest BCUT2D eigenvalue weighted by atomic mass is 9.78. The topological polar surface area (TPSA) is 66.0 Å². The molecule has 2 aromatic carbocycles. The Bertz CT molecular complexity index is 939. The summed E-state index contributed by atoms with van der Waals surface area (Å²) in [4.78, 5) is 12.9. The minimum atomic E-state index is -0.193. The smallest absolute Gasteiger partial charge is 0.251 e. The van der Waals surface area contributed by atoms with Crippen LogP contribution in [0.25, 0.3) is 0 Å². The zero-order valence-electron chi connectivity index (χ0n) is 17.3. The second-order valence-electron chi connectivity index (χ2n) is 7.72. The lowest BCUT2D eigenvalue weighted by molar-refractivity contribution is 0.0942. The minimum absolute atomic E-state index is 0.119. The maximum Gasteiger partial charge on any atom is 0.251 e. The third kappa shape index (κ3) is 3.88. The number of rotatable bonds is 6. The summed E-state index contributed by atoms with van der Waals surface area (Å²) in [6, 6.07) is 9.38. The third-order valence-corrected chi connectivity index (χ3v) is 6.28. The Balaban J connectivity index is 1.55. The molecule has 0 radical (unpaired) electrons. The zero-order valence-corrected chi connectivity index (χ0v) is 18.0. The number of halogens is 1. The van der Waals surface area contributed by atoms with Gasteiger partial charge in [0.2, 0.25) is 0 Å². The standard InChI is InChI=1S/C23H26ClNO5/c1-27-20-12-15(11-17(24)21(20)28-2)22(26)25-14-23(7-3-4-8-23)16-5-6-18-19(13-16)30-10-9-29-18/h5-6,11-13H,3-4,7-10,14H2,1-2H3,(H,25,26). The Morgan fingerprint density at radius 3 is 2.50 bits per heavy atom. The first-order chi connectivity index (χ1) is 14.6. The molecule has 0 bridgehead atoms. The Morgan fingerprint density at radius 2 is 1.80 bits per heavy atom. The van der Waals surface area contributed by atoms with Crippen LogP contribution in [0.15, 0.2) is 30.3 Å². The second kappa shape index (κ2) is 8.64. The first kappa shape index (κ1) is 20.7. The van der Waals surface area contributed by atoms with Crippen LogP contribution in [0.1, 0.15) is 41.6 Å². The van der Waals surface area contributed by atoms with E-state index in [1.54, 1.807) is 12.1 Å². The van der Waals surface area contributed by atoms with Crippen LogP contribution in [0.3, 0.4) is 0 Å². The van der Waals surface area contributed by atoms with Crippen molar-refractivity contribution in [2.45, 2.75) is 31.1 Å². The van der Waals surface area contributed by atoms with Crippen molar-refractivity contribution in [1.29, 1.82) is 0 Å². The molecule has 1 aliphatic carbocycles. The van der Waals surface area contributed by atoms with Crippen molar-refractivity contribution in [3.63, 3.8) is 0 Å². The molecule has 0 saturated heterocycles. The first-order valence-electron chi connectivity index (χ1n) is 10.2. The van der Waals surface area contributed by atoms with Gasteiger partial charge in [0.05, 0.1) is 19.2 Å². The van der Waals surface area contributed by atoms with Crippen LogP contribution in [0, 0.1) is 0 Å². The molecule has 160 valence electrons. The third-order valence-electron chi connectivity index (χ3n) is 6.00. The fourth-order valence-corrected chi connectivity index (χ4v) is 4.68. The Kier molecular flexibility index (Phi) is 5.95. The molecule has 0 unspecified atom stereocenters. The van der Waals surface area contributed by atoms with E-state index < -0.39 is 0 Å². The predicted molar refractivity (Wildman–Crippen MR) is 114 cm³/mol. The molecule has 1 aliphatic heterocycles. The number of hydrogen-bond donors (Lipinski definition) is 1. The van der Waals surface area contributed by atoms with E-state index in [1.807, 2.05) is 6.07 Å². The molecule has 4 rings (SSSR count). The van der Waals surface area contributed by atoms with Gasteiger partial charge in [-0.05, 0) is 42.7 Å². The molecule has 1 heterocycles. The van der Waals surface area contributed by atoms with Crippen molar-refractivity contribution < 1.29 is 23.7 Å². The van der Waals surface area contributed by atoms with E-state index in [2.05, 4.69) is 17.4 Å². The fraction of sp³-hybridized carbons (Fsp3) is 0.435. The molecule has 1 N–H and O–H groups in total. The highest BCUT2D eigenvalue weighted by Gasteiger charge is 2.37. The summed E-state index contributed by atoms with van der Waals surface area (Å²) in [7, 11) is 3.03. The maximum absolute atomic E-state index is 12.9. The number of nitrogens with one attached hydrogen (secondary N) is 1. The molecule has 0 atom stereocenters. The van der Waals surface area contributed by atoms with Crippen LogP contribution in [0.5, 0.6) is 23.0 Å². The second-order valence-corrected chi connectivity index (χ2v) is 8.13. The summed E-state index contributed by atoms with van der Waals surface area (Å²) in [5.41, 5.74) is 1.49. The van der Waals surface area contributed by atoms with Crippen molar-refractivity contribution in [3.8, 4) is 23.0 Å². The van der Waals surface area contributed by atoms with E-state index in [0.29, 0.717) is 41.8 Å². The van der Waals surface area contributed by atoms with E-state index in [0.717, 1.165) is 37.2 Å². The number of ether oxygens (including phenoxy) is 4. The van der Waals surface area contributed by atoms with Gasteiger partial charge in [0.25, 0.3) is 5.91 Å². The molecule has 0 aromatic heterocycles. The van der Waals surface area contributed by atoms with Gasteiger partial charge in [-0.2, -0.15) is 0 Å². The minimum Gasteiger partial charge on any atom is -0.493 e. The van der Waals surface area contributed by atoms with Gasteiger partial charge in [-0.1, -0.05) is 30.5 Å². The summed E-state index contributed by atoms with van der Waals surface area (Å²) < 4.78 is 22.0. The molecule has 2 aromatic rings. The van der Waals surface area contributed by atoms with Crippen molar-refractivity contribution in [2.75, 3.05) is 34.0 Å². The molecular weight excluding hydrogens is 406 g/mol. The summed E-state index contributed by atoms with van der Waals surface area (Å²) >= 11 is 6.26. The summed E-state index contributed by atoms with van der Waals surface area (Å²) in [5.74, 6) is 2.21. The average Bonchev–Trinajstić information content (AvgIpc) is 3.26. The van der Waals surface area contributed by atoms with E-state index in [4.69, 9.17) is 30.5 Å². The van der Waals surface area contributed by atoms with Gasteiger partial charge >= 0.3 is 0 Å². The van der Waals surface area contributed by atoms with Crippen molar-refractivity contribution in [1.82, 2.24) is 5.32 Å². The molecule has 0 spiro atoms. The molecule has 1 fully saturated rings. The van der Waals surface area contributed by atoms with Crippen molar-refractivity contribution >= 4 is 17.5 Å². The average molecular weight is 432 g/mol. The quantitative estimate of drug-likeness (QED) is 0.735. The van der Waals surface area contributed by atoms with Gasteiger partial charge in [0, 0.05) is 17.5 Å².